The minimum absolute atomic E-state index is 0.132. The van der Waals surface area contributed by atoms with Gasteiger partial charge in [-0.15, -0.1) is 0 Å². The van der Waals surface area contributed by atoms with E-state index in [-0.39, 0.29) is 11.6 Å². The number of benzene rings is 1. The van der Waals surface area contributed by atoms with Crippen LogP contribution >= 0.6 is 11.6 Å². The Balaban J connectivity index is 2.37. The molecule has 2 aromatic rings. The van der Waals surface area contributed by atoms with Crippen LogP contribution in [0.1, 0.15) is 15.9 Å². The fraction of sp³-hybridized carbons (Fsp3) is 0.0909. The first-order valence-electron chi connectivity index (χ1n) is 5.51. The highest BCUT2D eigenvalue weighted by atomic mass is 35.5. The van der Waals surface area contributed by atoms with Crippen molar-refractivity contribution in [3.8, 4) is 0 Å². The quantitative estimate of drug-likeness (QED) is 0.765. The first-order valence-corrected chi connectivity index (χ1v) is 7.37. The van der Waals surface area contributed by atoms with Crippen LogP contribution in [0, 0.1) is 5.82 Å². The third kappa shape index (κ3) is 3.38. The maximum Gasteiger partial charge on any atom is 0.338 e. The molecular weight excluding hydrogens is 325 g/mol. The first kappa shape index (κ1) is 15.4. The molecule has 0 spiro atoms. The Morgan fingerprint density at radius 2 is 2.19 bits per heavy atom. The van der Waals surface area contributed by atoms with Gasteiger partial charge in [-0.1, -0.05) is 11.6 Å². The van der Waals surface area contributed by atoms with Crippen LogP contribution < -0.4 is 4.72 Å². The third-order valence-corrected chi connectivity index (χ3v) is 4.16. The van der Waals surface area contributed by atoms with E-state index >= 15 is 0 Å². The fourth-order valence-electron chi connectivity index (χ4n) is 1.55. The number of carboxylic acids is 1. The first-order chi connectivity index (χ1) is 9.81. The number of halogens is 2. The smallest absolute Gasteiger partial charge is 0.338 e. The zero-order valence-electron chi connectivity index (χ0n) is 10.3. The molecule has 10 heteroatoms. The van der Waals surface area contributed by atoms with Gasteiger partial charge in [0.05, 0.1) is 11.8 Å². The molecule has 0 saturated heterocycles. The maximum atomic E-state index is 14.0. The summed E-state index contributed by atoms with van der Waals surface area (Å²) in [7, 11) is -4.26. The molecule has 0 aliphatic carbocycles. The van der Waals surface area contributed by atoms with Gasteiger partial charge in [0.15, 0.2) is 5.82 Å². The molecule has 0 bridgehead atoms. The molecule has 0 unspecified atom stereocenters. The van der Waals surface area contributed by atoms with Crippen molar-refractivity contribution in [1.82, 2.24) is 14.9 Å². The van der Waals surface area contributed by atoms with E-state index in [2.05, 4.69) is 14.9 Å². The van der Waals surface area contributed by atoms with Crippen molar-refractivity contribution in [3.05, 3.63) is 46.5 Å². The molecule has 7 nitrogen and oxygen atoms in total. The van der Waals surface area contributed by atoms with Crippen LogP contribution in [0.4, 0.5) is 4.39 Å². The van der Waals surface area contributed by atoms with Crippen molar-refractivity contribution in [1.29, 1.82) is 0 Å². The number of carbonyl (C=O) groups is 1. The molecule has 0 aliphatic rings. The lowest BCUT2D eigenvalue weighted by molar-refractivity contribution is 0.0691. The molecule has 21 heavy (non-hydrogen) atoms. The summed E-state index contributed by atoms with van der Waals surface area (Å²) in [5.74, 6) is -2.98. The summed E-state index contributed by atoms with van der Waals surface area (Å²) in [6.07, 6.45) is 2.85. The lowest BCUT2D eigenvalue weighted by Gasteiger charge is -2.09. The van der Waals surface area contributed by atoms with Crippen molar-refractivity contribution in [2.24, 2.45) is 0 Å². The van der Waals surface area contributed by atoms with Crippen LogP contribution in [0.3, 0.4) is 0 Å². The van der Waals surface area contributed by atoms with E-state index < -0.39 is 32.3 Å². The van der Waals surface area contributed by atoms with Crippen LogP contribution in [-0.2, 0) is 16.6 Å². The average Bonchev–Trinajstić information content (AvgIpc) is 2.91. The lowest BCUT2D eigenvalue weighted by Crippen LogP contribution is -2.24. The van der Waals surface area contributed by atoms with Gasteiger partial charge in [-0.3, -0.25) is 5.10 Å². The summed E-state index contributed by atoms with van der Waals surface area (Å²) in [5.41, 5.74) is -0.286. The van der Waals surface area contributed by atoms with Gasteiger partial charge in [-0.25, -0.2) is 22.3 Å². The molecule has 112 valence electrons. The second kappa shape index (κ2) is 5.80. The summed E-state index contributed by atoms with van der Waals surface area (Å²) < 4.78 is 40.2. The number of nitrogens with one attached hydrogen (secondary N) is 2. The number of rotatable bonds is 5. The van der Waals surface area contributed by atoms with Gasteiger partial charge >= 0.3 is 5.97 Å². The van der Waals surface area contributed by atoms with Crippen molar-refractivity contribution in [3.63, 3.8) is 0 Å². The molecule has 3 N–H and O–H groups in total. The monoisotopic (exact) mass is 333 g/mol. The van der Waals surface area contributed by atoms with E-state index in [1.165, 1.54) is 12.4 Å². The van der Waals surface area contributed by atoms with E-state index in [1.807, 2.05) is 0 Å². The summed E-state index contributed by atoms with van der Waals surface area (Å²) in [4.78, 5) is 10.0. The number of sulfonamides is 1. The fourth-order valence-corrected chi connectivity index (χ4v) is 2.97. The number of H-pyrrole nitrogens is 1. The zero-order chi connectivity index (χ0) is 15.6. The largest absolute Gasteiger partial charge is 0.478 e. The summed E-state index contributed by atoms with van der Waals surface area (Å²) in [6, 6.07) is 1.69. The van der Waals surface area contributed by atoms with Crippen molar-refractivity contribution < 1.29 is 22.7 Å². The molecule has 1 aromatic heterocycles. The van der Waals surface area contributed by atoms with Crippen LogP contribution in [0.15, 0.2) is 29.4 Å². The number of nitrogens with zero attached hydrogens (tertiary/aromatic N) is 1. The van der Waals surface area contributed by atoms with Gasteiger partial charge in [0.25, 0.3) is 0 Å². The molecule has 0 fully saturated rings. The molecule has 0 amide bonds. The Bertz CT molecular complexity index is 777. The summed E-state index contributed by atoms with van der Waals surface area (Å²) in [6.45, 7) is -0.132. The molecule has 0 atom stereocenters. The van der Waals surface area contributed by atoms with E-state index in [4.69, 9.17) is 16.7 Å². The minimum Gasteiger partial charge on any atom is -0.478 e. The second-order valence-electron chi connectivity index (χ2n) is 4.00. The highest BCUT2D eigenvalue weighted by Gasteiger charge is 2.25. The number of aromatic carboxylic acids is 1. The Morgan fingerprint density at radius 1 is 1.48 bits per heavy atom. The molecule has 1 aromatic carbocycles. The molecular formula is C11H9ClFN3O4S. The van der Waals surface area contributed by atoms with E-state index in [9.17, 15) is 17.6 Å². The molecule has 1 heterocycles. The summed E-state index contributed by atoms with van der Waals surface area (Å²) in [5, 5.41) is 14.8. The van der Waals surface area contributed by atoms with Gasteiger partial charge in [0.1, 0.15) is 4.90 Å². The SMILES string of the molecule is O=C(O)c1cc(Cl)cc(S(=O)(=O)NCc2cn[nH]c2)c1F. The normalized spacial score (nSPS) is 11.5. The standard InChI is InChI=1S/C11H9ClFN3O4S/c12-7-1-8(11(17)18)10(13)9(2-7)21(19,20)16-5-6-3-14-15-4-6/h1-4,16H,5H2,(H,14,15)(H,17,18). The number of aromatic nitrogens is 2. The second-order valence-corrected chi connectivity index (χ2v) is 6.17. The van der Waals surface area contributed by atoms with Crippen molar-refractivity contribution in [2.45, 2.75) is 11.4 Å². The topological polar surface area (TPSA) is 112 Å². The van der Waals surface area contributed by atoms with E-state index in [0.717, 1.165) is 12.1 Å². The van der Waals surface area contributed by atoms with Gasteiger partial charge in [-0.05, 0) is 12.1 Å². The Hall–Kier alpha value is -1.97. The molecule has 0 radical (unpaired) electrons. The van der Waals surface area contributed by atoms with E-state index in [1.54, 1.807) is 0 Å². The summed E-state index contributed by atoms with van der Waals surface area (Å²) >= 11 is 5.63. The number of aromatic amines is 1. The Labute approximate surface area is 123 Å². The van der Waals surface area contributed by atoms with Gasteiger partial charge in [0.2, 0.25) is 10.0 Å². The Kier molecular flexibility index (Phi) is 4.26. The highest BCUT2D eigenvalue weighted by molar-refractivity contribution is 7.89. The zero-order valence-corrected chi connectivity index (χ0v) is 11.9. The molecule has 0 aliphatic heterocycles. The number of carboxylic acid groups (broad SMARTS) is 1. The van der Waals surface area contributed by atoms with Gasteiger partial charge < -0.3 is 5.11 Å². The third-order valence-electron chi connectivity index (χ3n) is 2.55. The van der Waals surface area contributed by atoms with Crippen LogP contribution in [0.2, 0.25) is 5.02 Å². The maximum absolute atomic E-state index is 14.0. The average molecular weight is 334 g/mol. The van der Waals surface area contributed by atoms with Crippen molar-refractivity contribution in [2.75, 3.05) is 0 Å². The van der Waals surface area contributed by atoms with Crippen LogP contribution in [0.25, 0.3) is 0 Å². The number of hydrogen-bond acceptors (Lipinski definition) is 4. The lowest BCUT2D eigenvalue weighted by atomic mass is 10.2. The minimum atomic E-state index is -4.26. The Morgan fingerprint density at radius 3 is 2.76 bits per heavy atom. The highest BCUT2D eigenvalue weighted by Crippen LogP contribution is 2.24. The van der Waals surface area contributed by atoms with E-state index in [0.29, 0.717) is 5.56 Å². The molecule has 0 saturated carbocycles. The number of hydrogen-bond donors (Lipinski definition) is 3. The molecule has 2 rings (SSSR count). The van der Waals surface area contributed by atoms with Gasteiger partial charge in [0, 0.05) is 23.3 Å². The van der Waals surface area contributed by atoms with Crippen molar-refractivity contribution >= 4 is 27.6 Å². The predicted octanol–water partition coefficient (Wildman–Crippen LogP) is 1.38. The predicted molar refractivity (Wildman–Crippen MR) is 71.0 cm³/mol. The van der Waals surface area contributed by atoms with Crippen LogP contribution in [-0.4, -0.2) is 29.7 Å². The van der Waals surface area contributed by atoms with Crippen LogP contribution in [0.5, 0.6) is 0 Å². The van der Waals surface area contributed by atoms with Gasteiger partial charge in [-0.2, -0.15) is 5.10 Å².